The molecule has 0 aromatic heterocycles. The van der Waals surface area contributed by atoms with E-state index in [4.69, 9.17) is 5.73 Å². The molecule has 1 aliphatic heterocycles. The third-order valence-corrected chi connectivity index (χ3v) is 3.44. The summed E-state index contributed by atoms with van der Waals surface area (Å²) in [6.45, 7) is 14.1. The van der Waals surface area contributed by atoms with Crippen LogP contribution in [-0.2, 0) is 0 Å². The van der Waals surface area contributed by atoms with E-state index < -0.39 is 0 Å². The molecule has 0 atom stereocenters. The Morgan fingerprint density at radius 1 is 1.31 bits per heavy atom. The van der Waals surface area contributed by atoms with Gasteiger partial charge in [-0.1, -0.05) is 20.8 Å². The van der Waals surface area contributed by atoms with Crippen LogP contribution in [-0.4, -0.2) is 55.1 Å². The lowest BCUT2D eigenvalue weighted by molar-refractivity contribution is 0.169. The minimum atomic E-state index is 0.453. The minimum Gasteiger partial charge on any atom is -0.328 e. The molecule has 1 rings (SSSR count). The number of hydrogen-bond acceptors (Lipinski definition) is 3. The van der Waals surface area contributed by atoms with Crippen LogP contribution in [0.1, 0.15) is 33.6 Å². The number of piperidine rings is 1. The second kappa shape index (κ2) is 7.25. The number of nitrogens with zero attached hydrogens (tertiary/aromatic N) is 2. The van der Waals surface area contributed by atoms with E-state index in [1.807, 2.05) is 0 Å². The van der Waals surface area contributed by atoms with Gasteiger partial charge in [0.15, 0.2) is 0 Å². The quantitative estimate of drug-likeness (QED) is 0.744. The Hall–Kier alpha value is -0.120. The van der Waals surface area contributed by atoms with E-state index >= 15 is 0 Å². The first-order valence-corrected chi connectivity index (χ1v) is 6.82. The Kier molecular flexibility index (Phi) is 6.32. The van der Waals surface area contributed by atoms with E-state index in [1.165, 1.54) is 52.1 Å². The topological polar surface area (TPSA) is 32.5 Å². The highest BCUT2D eigenvalue weighted by Gasteiger charge is 2.16. The van der Waals surface area contributed by atoms with Gasteiger partial charge in [0.1, 0.15) is 0 Å². The van der Waals surface area contributed by atoms with Gasteiger partial charge in [0.25, 0.3) is 0 Å². The van der Waals surface area contributed by atoms with Gasteiger partial charge in [-0.2, -0.15) is 0 Å². The van der Waals surface area contributed by atoms with Crippen molar-refractivity contribution >= 4 is 0 Å². The molecule has 2 N–H and O–H groups in total. The first-order valence-electron chi connectivity index (χ1n) is 6.82. The normalized spacial score (nSPS) is 19.9. The van der Waals surface area contributed by atoms with E-state index in [1.54, 1.807) is 0 Å². The number of rotatable bonds is 6. The van der Waals surface area contributed by atoms with E-state index in [-0.39, 0.29) is 0 Å². The number of likely N-dealkylation sites (tertiary alicyclic amines) is 1. The molecule has 0 spiro atoms. The van der Waals surface area contributed by atoms with Crippen LogP contribution in [0.25, 0.3) is 0 Å². The minimum absolute atomic E-state index is 0.453. The standard InChI is InChI=1S/C13H29N3/c1-4-15(11-12(2)3)9-10-16-7-5-13(14)6-8-16/h12-13H,4-11,14H2,1-3H3. The van der Waals surface area contributed by atoms with E-state index in [0.717, 1.165) is 5.92 Å². The maximum Gasteiger partial charge on any atom is 0.0109 e. The summed E-state index contributed by atoms with van der Waals surface area (Å²) in [7, 11) is 0. The molecule has 1 heterocycles. The SMILES string of the molecule is CCN(CCN1CCC(N)CC1)CC(C)C. The summed E-state index contributed by atoms with van der Waals surface area (Å²) >= 11 is 0. The Labute approximate surface area is 101 Å². The predicted octanol–water partition coefficient (Wildman–Crippen LogP) is 1.39. The molecule has 0 aromatic rings. The third-order valence-electron chi connectivity index (χ3n) is 3.44. The van der Waals surface area contributed by atoms with Gasteiger partial charge in [0.2, 0.25) is 0 Å². The molecular formula is C13H29N3. The molecular weight excluding hydrogens is 198 g/mol. The van der Waals surface area contributed by atoms with Gasteiger partial charge in [-0.25, -0.2) is 0 Å². The maximum atomic E-state index is 5.91. The molecule has 0 saturated carbocycles. The van der Waals surface area contributed by atoms with Crippen LogP contribution in [0.15, 0.2) is 0 Å². The van der Waals surface area contributed by atoms with Crippen molar-refractivity contribution in [3.8, 4) is 0 Å². The zero-order chi connectivity index (χ0) is 12.0. The monoisotopic (exact) mass is 227 g/mol. The second-order valence-corrected chi connectivity index (χ2v) is 5.47. The lowest BCUT2D eigenvalue weighted by Crippen LogP contribution is -2.43. The lowest BCUT2D eigenvalue weighted by atomic mass is 10.1. The van der Waals surface area contributed by atoms with Crippen LogP contribution in [0, 0.1) is 5.92 Å². The molecule has 0 aliphatic carbocycles. The van der Waals surface area contributed by atoms with E-state index in [9.17, 15) is 0 Å². The van der Waals surface area contributed by atoms with Crippen LogP contribution in [0.2, 0.25) is 0 Å². The largest absolute Gasteiger partial charge is 0.328 e. The van der Waals surface area contributed by atoms with Crippen molar-refractivity contribution in [2.75, 3.05) is 39.3 Å². The molecule has 0 bridgehead atoms. The van der Waals surface area contributed by atoms with Crippen molar-refractivity contribution in [2.24, 2.45) is 11.7 Å². The predicted molar refractivity (Wildman–Crippen MR) is 70.6 cm³/mol. The van der Waals surface area contributed by atoms with Crippen LogP contribution >= 0.6 is 0 Å². The Bertz CT molecular complexity index is 174. The third kappa shape index (κ3) is 5.28. The van der Waals surface area contributed by atoms with E-state index in [0.29, 0.717) is 6.04 Å². The van der Waals surface area contributed by atoms with Crippen molar-refractivity contribution in [3.05, 3.63) is 0 Å². The van der Waals surface area contributed by atoms with Crippen LogP contribution in [0.3, 0.4) is 0 Å². The molecule has 1 fully saturated rings. The Balaban J connectivity index is 2.16. The lowest BCUT2D eigenvalue weighted by Gasteiger charge is -2.32. The van der Waals surface area contributed by atoms with Crippen molar-refractivity contribution in [1.29, 1.82) is 0 Å². The first kappa shape index (κ1) is 13.9. The highest BCUT2D eigenvalue weighted by molar-refractivity contribution is 4.74. The molecule has 0 amide bonds. The molecule has 1 saturated heterocycles. The number of likely N-dealkylation sites (N-methyl/N-ethyl adjacent to an activating group) is 1. The summed E-state index contributed by atoms with van der Waals surface area (Å²) in [6, 6.07) is 0.453. The molecule has 0 unspecified atom stereocenters. The molecule has 96 valence electrons. The summed E-state index contributed by atoms with van der Waals surface area (Å²) in [6.07, 6.45) is 2.35. The Morgan fingerprint density at radius 3 is 2.44 bits per heavy atom. The summed E-state index contributed by atoms with van der Waals surface area (Å²) in [5, 5.41) is 0. The highest BCUT2D eigenvalue weighted by atomic mass is 15.2. The van der Waals surface area contributed by atoms with Gasteiger partial charge < -0.3 is 15.5 Å². The average Bonchev–Trinajstić information content (AvgIpc) is 2.26. The smallest absolute Gasteiger partial charge is 0.0109 e. The van der Waals surface area contributed by atoms with Crippen LogP contribution < -0.4 is 5.73 Å². The van der Waals surface area contributed by atoms with E-state index in [2.05, 4.69) is 30.6 Å². The van der Waals surface area contributed by atoms with Crippen molar-refractivity contribution < 1.29 is 0 Å². The van der Waals surface area contributed by atoms with Gasteiger partial charge in [0, 0.05) is 25.7 Å². The Morgan fingerprint density at radius 2 is 1.94 bits per heavy atom. The fourth-order valence-electron chi connectivity index (χ4n) is 2.35. The van der Waals surface area contributed by atoms with Gasteiger partial charge in [-0.15, -0.1) is 0 Å². The van der Waals surface area contributed by atoms with Gasteiger partial charge >= 0.3 is 0 Å². The van der Waals surface area contributed by atoms with Crippen molar-refractivity contribution in [2.45, 2.75) is 39.7 Å². The van der Waals surface area contributed by atoms with Crippen LogP contribution in [0.4, 0.5) is 0 Å². The molecule has 1 aliphatic rings. The number of hydrogen-bond donors (Lipinski definition) is 1. The molecule has 3 heteroatoms. The average molecular weight is 227 g/mol. The number of nitrogens with two attached hydrogens (primary N) is 1. The van der Waals surface area contributed by atoms with Crippen LogP contribution in [0.5, 0.6) is 0 Å². The van der Waals surface area contributed by atoms with Crippen molar-refractivity contribution in [3.63, 3.8) is 0 Å². The summed E-state index contributed by atoms with van der Waals surface area (Å²) in [5.41, 5.74) is 5.91. The highest BCUT2D eigenvalue weighted by Crippen LogP contribution is 2.08. The van der Waals surface area contributed by atoms with Gasteiger partial charge in [-0.3, -0.25) is 0 Å². The second-order valence-electron chi connectivity index (χ2n) is 5.47. The summed E-state index contributed by atoms with van der Waals surface area (Å²) in [4.78, 5) is 5.12. The maximum absolute atomic E-state index is 5.91. The molecule has 0 aromatic carbocycles. The van der Waals surface area contributed by atoms with Crippen molar-refractivity contribution in [1.82, 2.24) is 9.80 Å². The molecule has 3 nitrogen and oxygen atoms in total. The fraction of sp³-hybridized carbons (Fsp3) is 1.00. The van der Waals surface area contributed by atoms with Gasteiger partial charge in [0.05, 0.1) is 0 Å². The zero-order valence-electron chi connectivity index (χ0n) is 11.3. The molecule has 16 heavy (non-hydrogen) atoms. The summed E-state index contributed by atoms with van der Waals surface area (Å²) < 4.78 is 0. The zero-order valence-corrected chi connectivity index (χ0v) is 11.3. The first-order chi connectivity index (χ1) is 7.61. The molecule has 0 radical (unpaired) electrons. The fourth-order valence-corrected chi connectivity index (χ4v) is 2.35. The van der Waals surface area contributed by atoms with Gasteiger partial charge in [-0.05, 0) is 38.4 Å². The summed E-state index contributed by atoms with van der Waals surface area (Å²) in [5.74, 6) is 0.773.